The molecular formula is C23H28N2O8S2. The lowest BCUT2D eigenvalue weighted by molar-refractivity contribution is -0.142. The lowest BCUT2D eigenvalue weighted by Gasteiger charge is -2.32. The molecule has 2 aliphatic heterocycles. The van der Waals surface area contributed by atoms with Crippen LogP contribution in [0.1, 0.15) is 35.8 Å². The molecule has 2 unspecified atom stereocenters. The van der Waals surface area contributed by atoms with E-state index < -0.39 is 31.9 Å². The Bertz CT molecular complexity index is 1320. The van der Waals surface area contributed by atoms with E-state index in [1.54, 1.807) is 48.5 Å². The highest BCUT2D eigenvalue weighted by Crippen LogP contribution is 2.37. The number of benzene rings is 2. The summed E-state index contributed by atoms with van der Waals surface area (Å²) in [5, 5.41) is 9.11. The number of anilines is 2. The number of carboxylic acids is 1. The highest BCUT2D eigenvalue weighted by molar-refractivity contribution is 7.92. The van der Waals surface area contributed by atoms with Crippen molar-refractivity contribution in [1.29, 1.82) is 0 Å². The van der Waals surface area contributed by atoms with Gasteiger partial charge in [-0.3, -0.25) is 18.2 Å². The number of nitrogens with zero attached hydrogens (tertiary/aromatic N) is 2. The molecular weight excluding hydrogens is 496 g/mol. The first kappa shape index (κ1) is 26.5. The molecule has 0 radical (unpaired) electrons. The quantitative estimate of drug-likeness (QED) is 0.601. The van der Waals surface area contributed by atoms with Gasteiger partial charge in [0.1, 0.15) is 0 Å². The molecule has 0 aliphatic carbocycles. The van der Waals surface area contributed by atoms with Crippen LogP contribution in [0.4, 0.5) is 11.4 Å². The topological polar surface area (TPSA) is 138 Å². The van der Waals surface area contributed by atoms with Crippen LogP contribution in [0.5, 0.6) is 0 Å². The third-order valence-corrected chi connectivity index (χ3v) is 8.35. The molecule has 35 heavy (non-hydrogen) atoms. The molecule has 2 aromatic carbocycles. The number of hydrogen-bond acceptors (Lipinski definition) is 7. The summed E-state index contributed by atoms with van der Waals surface area (Å²) < 4.78 is 54.0. The van der Waals surface area contributed by atoms with Crippen molar-refractivity contribution in [3.63, 3.8) is 0 Å². The van der Waals surface area contributed by atoms with Crippen LogP contribution >= 0.6 is 0 Å². The van der Waals surface area contributed by atoms with Crippen molar-refractivity contribution in [2.45, 2.75) is 24.7 Å². The lowest BCUT2D eigenvalue weighted by Crippen LogP contribution is -2.37. The summed E-state index contributed by atoms with van der Waals surface area (Å²) in [4.78, 5) is 22.8. The van der Waals surface area contributed by atoms with Gasteiger partial charge in [0.15, 0.2) is 0 Å². The zero-order valence-corrected chi connectivity index (χ0v) is 21.3. The molecule has 10 nitrogen and oxygen atoms in total. The third-order valence-electron chi connectivity index (χ3n) is 5.99. The third kappa shape index (κ3) is 5.76. The number of carbonyl (C=O) groups excluding carboxylic acids is 1. The Morgan fingerprint density at radius 3 is 1.60 bits per heavy atom. The molecule has 0 spiro atoms. The summed E-state index contributed by atoms with van der Waals surface area (Å²) in [6.07, 6.45) is 3.04. The summed E-state index contributed by atoms with van der Waals surface area (Å²) in [6.45, 7) is 0.516. The van der Waals surface area contributed by atoms with Crippen LogP contribution in [0.2, 0.25) is 0 Å². The zero-order valence-electron chi connectivity index (χ0n) is 19.6. The number of aliphatic carboxylic acids is 1. The van der Waals surface area contributed by atoms with Crippen LogP contribution in [0, 0.1) is 0 Å². The average molecular weight is 525 g/mol. The minimum atomic E-state index is -3.35. The van der Waals surface area contributed by atoms with Gasteiger partial charge in [-0.25, -0.2) is 16.8 Å². The molecule has 0 saturated carbocycles. The van der Waals surface area contributed by atoms with E-state index in [1.807, 2.05) is 0 Å². The minimum absolute atomic E-state index is 0.215. The van der Waals surface area contributed by atoms with E-state index in [-0.39, 0.29) is 18.4 Å². The summed E-state index contributed by atoms with van der Waals surface area (Å²) in [5.74, 6) is -2.24. The number of esters is 1. The monoisotopic (exact) mass is 524 g/mol. The van der Waals surface area contributed by atoms with Gasteiger partial charge in [-0.2, -0.15) is 0 Å². The van der Waals surface area contributed by atoms with E-state index >= 15 is 0 Å². The molecule has 0 aromatic heterocycles. The maximum atomic E-state index is 11.7. The second-order valence-electron chi connectivity index (χ2n) is 8.33. The summed E-state index contributed by atoms with van der Waals surface area (Å²) >= 11 is 0. The fourth-order valence-corrected chi connectivity index (χ4v) is 6.32. The summed E-state index contributed by atoms with van der Waals surface area (Å²) in [7, 11) is -5.32. The van der Waals surface area contributed by atoms with Crippen molar-refractivity contribution in [3.8, 4) is 0 Å². The maximum Gasteiger partial charge on any atom is 0.313 e. The van der Waals surface area contributed by atoms with E-state index in [0.717, 1.165) is 6.26 Å². The summed E-state index contributed by atoms with van der Waals surface area (Å²) in [5.41, 5.74) is 2.33. The standard InChI is InChI=1S/C12H15NO4S.C11H13NO4S/c1-17-12(14)10-7-8-13(18(2,15)16)11-6-4-3-5-9(10)11;1-17(15,16)12-7-6-9(11(13)14)8-4-2-3-5-10(8)12/h3-6,10H,7-8H2,1-2H3;2-5,9H,6-7H2,1H3,(H,13,14). The van der Waals surface area contributed by atoms with Crippen LogP contribution in [-0.4, -0.2) is 66.6 Å². The lowest BCUT2D eigenvalue weighted by atomic mass is 9.91. The maximum absolute atomic E-state index is 11.7. The first-order valence-corrected chi connectivity index (χ1v) is 14.5. The van der Waals surface area contributed by atoms with E-state index in [0.29, 0.717) is 41.9 Å². The zero-order chi connectivity index (χ0) is 26.0. The highest BCUT2D eigenvalue weighted by Gasteiger charge is 2.34. The fraction of sp³-hybridized carbons (Fsp3) is 0.391. The van der Waals surface area contributed by atoms with Crippen molar-refractivity contribution in [1.82, 2.24) is 0 Å². The van der Waals surface area contributed by atoms with Crippen LogP contribution in [-0.2, 0) is 34.4 Å². The molecule has 1 N–H and O–H groups in total. The average Bonchev–Trinajstić information content (AvgIpc) is 2.81. The van der Waals surface area contributed by atoms with Gasteiger partial charge in [0, 0.05) is 13.1 Å². The summed E-state index contributed by atoms with van der Waals surface area (Å²) in [6, 6.07) is 13.8. The first-order chi connectivity index (χ1) is 16.4. The number of methoxy groups -OCH3 is 1. The normalized spacial score (nSPS) is 19.5. The molecule has 2 heterocycles. The largest absolute Gasteiger partial charge is 0.481 e. The molecule has 4 rings (SSSR count). The number of fused-ring (bicyclic) bond motifs is 2. The highest BCUT2D eigenvalue weighted by atomic mass is 32.2. The number of para-hydroxylation sites is 2. The predicted octanol–water partition coefficient (Wildman–Crippen LogP) is 2.14. The van der Waals surface area contributed by atoms with E-state index in [9.17, 15) is 26.4 Å². The van der Waals surface area contributed by atoms with Gasteiger partial charge in [0.25, 0.3) is 0 Å². The molecule has 0 amide bonds. The van der Waals surface area contributed by atoms with Crippen molar-refractivity contribution in [3.05, 3.63) is 59.7 Å². The van der Waals surface area contributed by atoms with E-state index in [4.69, 9.17) is 9.84 Å². The predicted molar refractivity (Wildman–Crippen MR) is 132 cm³/mol. The molecule has 2 aliphatic rings. The molecule has 0 bridgehead atoms. The number of hydrogen-bond donors (Lipinski definition) is 1. The van der Waals surface area contributed by atoms with E-state index in [2.05, 4.69) is 0 Å². The van der Waals surface area contributed by atoms with Crippen molar-refractivity contribution in [2.24, 2.45) is 0 Å². The smallest absolute Gasteiger partial charge is 0.313 e. The molecule has 0 saturated heterocycles. The van der Waals surface area contributed by atoms with E-state index in [1.165, 1.54) is 22.0 Å². The Morgan fingerprint density at radius 2 is 1.20 bits per heavy atom. The van der Waals surface area contributed by atoms with Gasteiger partial charge >= 0.3 is 11.9 Å². The Hall–Kier alpha value is -3.12. The van der Waals surface area contributed by atoms with Crippen LogP contribution in [0.3, 0.4) is 0 Å². The first-order valence-electron chi connectivity index (χ1n) is 10.8. The number of carbonyl (C=O) groups is 2. The Morgan fingerprint density at radius 1 is 0.800 bits per heavy atom. The van der Waals surface area contributed by atoms with Crippen molar-refractivity contribution in [2.75, 3.05) is 41.3 Å². The number of sulfonamides is 2. The molecule has 2 aromatic rings. The van der Waals surface area contributed by atoms with Crippen LogP contribution in [0.25, 0.3) is 0 Å². The molecule has 2 atom stereocenters. The van der Waals surface area contributed by atoms with Gasteiger partial charge in [0.05, 0.1) is 42.8 Å². The van der Waals surface area contributed by atoms with Gasteiger partial charge in [-0.15, -0.1) is 0 Å². The van der Waals surface area contributed by atoms with Gasteiger partial charge in [-0.05, 0) is 36.1 Å². The Balaban J connectivity index is 0.000000196. The van der Waals surface area contributed by atoms with Crippen LogP contribution < -0.4 is 8.61 Å². The second kappa shape index (κ2) is 10.2. The van der Waals surface area contributed by atoms with Crippen LogP contribution in [0.15, 0.2) is 48.5 Å². The Kier molecular flexibility index (Phi) is 7.75. The van der Waals surface area contributed by atoms with Crippen molar-refractivity contribution < 1.29 is 36.3 Å². The Labute approximate surface area is 205 Å². The number of carboxylic acid groups (broad SMARTS) is 1. The minimum Gasteiger partial charge on any atom is -0.481 e. The SMILES string of the molecule is COC(=O)C1CCN(S(C)(=O)=O)c2ccccc21.CS(=O)(=O)N1CCC(C(=O)O)c2ccccc21. The molecule has 0 fully saturated rings. The van der Waals surface area contributed by atoms with Gasteiger partial charge in [-0.1, -0.05) is 36.4 Å². The molecule has 190 valence electrons. The fourth-order valence-electron chi connectivity index (χ4n) is 4.40. The second-order valence-corrected chi connectivity index (χ2v) is 12.1. The van der Waals surface area contributed by atoms with Crippen molar-refractivity contribution >= 4 is 43.4 Å². The van der Waals surface area contributed by atoms with Gasteiger partial charge < -0.3 is 9.84 Å². The molecule has 12 heteroatoms. The number of ether oxygens (including phenoxy) is 1. The van der Waals surface area contributed by atoms with Gasteiger partial charge in [0.2, 0.25) is 20.0 Å². The number of rotatable bonds is 4.